The Morgan fingerprint density at radius 2 is 1.85 bits per heavy atom. The number of nitrogens with one attached hydrogen (secondary N) is 1. The molecular formula is C13H9Cl2FN2O2. The minimum Gasteiger partial charge on any atom is -0.505 e. The zero-order valence-corrected chi connectivity index (χ0v) is 11.5. The summed E-state index contributed by atoms with van der Waals surface area (Å²) in [6, 6.07) is 6.80. The molecule has 0 heterocycles. The zero-order valence-electron chi connectivity index (χ0n) is 9.95. The van der Waals surface area contributed by atoms with Crippen LogP contribution < -0.4 is 11.1 Å². The van der Waals surface area contributed by atoms with Gasteiger partial charge in [0.2, 0.25) is 0 Å². The largest absolute Gasteiger partial charge is 0.505 e. The summed E-state index contributed by atoms with van der Waals surface area (Å²) < 4.78 is 13.3. The lowest BCUT2D eigenvalue weighted by molar-refractivity contribution is 0.102. The number of aromatic hydroxyl groups is 1. The van der Waals surface area contributed by atoms with E-state index < -0.39 is 11.7 Å². The Morgan fingerprint density at radius 3 is 2.45 bits per heavy atom. The van der Waals surface area contributed by atoms with Crippen LogP contribution in [0, 0.1) is 5.82 Å². The van der Waals surface area contributed by atoms with Crippen LogP contribution in [0.15, 0.2) is 30.3 Å². The van der Waals surface area contributed by atoms with Crippen LogP contribution in [0.3, 0.4) is 0 Å². The second-order valence-electron chi connectivity index (χ2n) is 3.95. The second kappa shape index (κ2) is 5.56. The number of hydrogen-bond donors (Lipinski definition) is 3. The number of hydrogen-bond acceptors (Lipinski definition) is 3. The van der Waals surface area contributed by atoms with E-state index in [1.807, 2.05) is 0 Å². The van der Waals surface area contributed by atoms with Gasteiger partial charge in [-0.25, -0.2) is 4.39 Å². The molecule has 0 fully saturated rings. The molecule has 0 unspecified atom stereocenters. The molecule has 2 aromatic carbocycles. The smallest absolute Gasteiger partial charge is 0.259 e. The number of phenolic OH excluding ortho intramolecular Hbond substituents is 1. The standard InChI is InChI=1S/C13H9Cl2FN2O2/c14-8-4-6(5-9(15)11(8)16)18-13(20)7-2-1-3-10(17)12(7)19/h1-5,19H,17H2,(H,18,20). The number of phenols is 1. The van der Waals surface area contributed by atoms with Crippen molar-refractivity contribution in [2.45, 2.75) is 0 Å². The number of carbonyl (C=O) groups is 1. The summed E-state index contributed by atoms with van der Waals surface area (Å²) in [4.78, 5) is 12.0. The third-order valence-corrected chi connectivity index (χ3v) is 3.10. The fourth-order valence-corrected chi connectivity index (χ4v) is 2.06. The van der Waals surface area contributed by atoms with Crippen molar-refractivity contribution < 1.29 is 14.3 Å². The van der Waals surface area contributed by atoms with Crippen LogP contribution in [0.5, 0.6) is 5.75 Å². The molecule has 0 radical (unpaired) electrons. The first-order valence-corrected chi connectivity index (χ1v) is 6.19. The van der Waals surface area contributed by atoms with Crippen LogP contribution in [-0.4, -0.2) is 11.0 Å². The van der Waals surface area contributed by atoms with E-state index >= 15 is 0 Å². The average molecular weight is 315 g/mol. The van der Waals surface area contributed by atoms with Crippen LogP contribution in [0.2, 0.25) is 10.0 Å². The predicted octanol–water partition coefficient (Wildman–Crippen LogP) is 3.67. The van der Waals surface area contributed by atoms with Gasteiger partial charge in [0.25, 0.3) is 5.91 Å². The summed E-state index contributed by atoms with van der Waals surface area (Å²) >= 11 is 11.2. The molecule has 0 spiro atoms. The van der Waals surface area contributed by atoms with Crippen molar-refractivity contribution in [2.75, 3.05) is 11.1 Å². The van der Waals surface area contributed by atoms with E-state index in [9.17, 15) is 14.3 Å². The Morgan fingerprint density at radius 1 is 1.25 bits per heavy atom. The fraction of sp³-hybridized carbons (Fsp3) is 0. The zero-order chi connectivity index (χ0) is 14.9. The van der Waals surface area contributed by atoms with E-state index in [1.165, 1.54) is 30.3 Å². The summed E-state index contributed by atoms with van der Waals surface area (Å²) in [6.45, 7) is 0. The maximum atomic E-state index is 13.3. The average Bonchev–Trinajstić information content (AvgIpc) is 2.39. The molecule has 2 aromatic rings. The summed E-state index contributed by atoms with van der Waals surface area (Å²) in [5, 5.41) is 11.7. The maximum Gasteiger partial charge on any atom is 0.259 e. The molecule has 1 amide bonds. The topological polar surface area (TPSA) is 75.4 Å². The van der Waals surface area contributed by atoms with Crippen molar-refractivity contribution in [3.63, 3.8) is 0 Å². The molecule has 4 nitrogen and oxygen atoms in total. The first-order chi connectivity index (χ1) is 9.40. The highest BCUT2D eigenvalue weighted by atomic mass is 35.5. The van der Waals surface area contributed by atoms with Crippen LogP contribution in [0.1, 0.15) is 10.4 Å². The monoisotopic (exact) mass is 314 g/mol. The van der Waals surface area contributed by atoms with Crippen molar-refractivity contribution in [3.05, 3.63) is 51.8 Å². The third kappa shape index (κ3) is 2.79. The van der Waals surface area contributed by atoms with Gasteiger partial charge in [0.05, 0.1) is 21.3 Å². The summed E-state index contributed by atoms with van der Waals surface area (Å²) in [6.07, 6.45) is 0. The van der Waals surface area contributed by atoms with Gasteiger partial charge in [0, 0.05) is 5.69 Å². The van der Waals surface area contributed by atoms with Gasteiger partial charge in [-0.15, -0.1) is 0 Å². The lowest BCUT2D eigenvalue weighted by atomic mass is 10.1. The first kappa shape index (κ1) is 14.4. The van der Waals surface area contributed by atoms with Crippen LogP contribution in [0.25, 0.3) is 0 Å². The van der Waals surface area contributed by atoms with Gasteiger partial charge in [0.1, 0.15) is 0 Å². The number of amides is 1. The van der Waals surface area contributed by atoms with Crippen LogP contribution in [0.4, 0.5) is 15.8 Å². The third-order valence-electron chi connectivity index (χ3n) is 2.55. The highest BCUT2D eigenvalue weighted by Crippen LogP contribution is 2.29. The lowest BCUT2D eigenvalue weighted by Crippen LogP contribution is -2.12. The molecular weight excluding hydrogens is 306 g/mol. The Labute approximate surface area is 123 Å². The van der Waals surface area contributed by atoms with Crippen LogP contribution >= 0.6 is 23.2 Å². The number of carbonyl (C=O) groups excluding carboxylic acids is 1. The van der Waals surface area contributed by atoms with Gasteiger partial charge in [-0.3, -0.25) is 4.79 Å². The SMILES string of the molecule is Nc1cccc(C(=O)Nc2cc(Cl)c(F)c(Cl)c2)c1O. The number of nitrogens with two attached hydrogens (primary N) is 1. The van der Waals surface area contributed by atoms with Gasteiger partial charge in [-0.2, -0.15) is 0 Å². The Balaban J connectivity index is 2.30. The molecule has 2 rings (SSSR count). The van der Waals surface area contributed by atoms with E-state index in [-0.39, 0.29) is 32.7 Å². The minimum atomic E-state index is -0.766. The highest BCUT2D eigenvalue weighted by molar-refractivity contribution is 6.35. The fourth-order valence-electron chi connectivity index (χ4n) is 1.57. The van der Waals surface area contributed by atoms with Gasteiger partial charge in [-0.1, -0.05) is 29.3 Å². The molecule has 0 saturated carbocycles. The number of halogens is 3. The summed E-state index contributed by atoms with van der Waals surface area (Å²) in [5.74, 6) is -1.71. The first-order valence-electron chi connectivity index (χ1n) is 5.43. The molecule has 0 atom stereocenters. The van der Waals surface area contributed by atoms with Crippen molar-refractivity contribution in [1.29, 1.82) is 0 Å². The van der Waals surface area contributed by atoms with E-state index in [0.29, 0.717) is 0 Å². The molecule has 0 bridgehead atoms. The second-order valence-corrected chi connectivity index (χ2v) is 4.77. The Bertz CT molecular complexity index is 669. The number of nitrogen functional groups attached to an aromatic ring is 1. The molecule has 0 aliphatic heterocycles. The molecule has 4 N–H and O–H groups in total. The minimum absolute atomic E-state index is 0.0124. The molecule has 0 aliphatic carbocycles. The molecule has 0 saturated heterocycles. The van der Waals surface area contributed by atoms with E-state index in [2.05, 4.69) is 5.32 Å². The molecule has 0 aromatic heterocycles. The summed E-state index contributed by atoms with van der Waals surface area (Å²) in [7, 11) is 0. The van der Waals surface area contributed by atoms with Gasteiger partial charge in [0.15, 0.2) is 11.6 Å². The van der Waals surface area contributed by atoms with Crippen molar-refractivity contribution in [3.8, 4) is 5.75 Å². The molecule has 20 heavy (non-hydrogen) atoms. The Hall–Kier alpha value is -1.98. The van der Waals surface area contributed by atoms with E-state index in [4.69, 9.17) is 28.9 Å². The number of benzene rings is 2. The van der Waals surface area contributed by atoms with Gasteiger partial charge < -0.3 is 16.2 Å². The van der Waals surface area contributed by atoms with Crippen LogP contribution in [-0.2, 0) is 0 Å². The lowest BCUT2D eigenvalue weighted by Gasteiger charge is -2.09. The highest BCUT2D eigenvalue weighted by Gasteiger charge is 2.15. The number of rotatable bonds is 2. The van der Waals surface area contributed by atoms with Crippen molar-refractivity contribution >= 4 is 40.5 Å². The van der Waals surface area contributed by atoms with Gasteiger partial charge >= 0.3 is 0 Å². The molecule has 0 aliphatic rings. The quantitative estimate of drug-likeness (QED) is 0.449. The van der Waals surface area contributed by atoms with E-state index in [0.717, 1.165) is 0 Å². The Kier molecular flexibility index (Phi) is 4.01. The molecule has 7 heteroatoms. The normalized spacial score (nSPS) is 10.3. The van der Waals surface area contributed by atoms with Crippen molar-refractivity contribution in [2.24, 2.45) is 0 Å². The number of anilines is 2. The van der Waals surface area contributed by atoms with E-state index in [1.54, 1.807) is 0 Å². The summed E-state index contributed by atoms with van der Waals surface area (Å²) in [5.41, 5.74) is 5.76. The van der Waals surface area contributed by atoms with Crippen molar-refractivity contribution in [1.82, 2.24) is 0 Å². The number of para-hydroxylation sites is 1. The predicted molar refractivity (Wildman–Crippen MR) is 76.9 cm³/mol. The van der Waals surface area contributed by atoms with Gasteiger partial charge in [-0.05, 0) is 24.3 Å². The molecule has 104 valence electrons. The maximum absolute atomic E-state index is 13.3.